The van der Waals surface area contributed by atoms with E-state index in [1.54, 1.807) is 17.5 Å². The van der Waals surface area contributed by atoms with Crippen LogP contribution in [-0.4, -0.2) is 10.8 Å². The molecule has 0 fully saturated rings. The van der Waals surface area contributed by atoms with Gasteiger partial charge in [-0.15, -0.1) is 11.3 Å². The summed E-state index contributed by atoms with van der Waals surface area (Å²) in [4.78, 5) is 15.1. The number of hydrogen-bond acceptors (Lipinski definition) is 3. The molecule has 0 unspecified atom stereocenters. The first-order valence-electron chi connectivity index (χ1n) is 4.50. The fourth-order valence-corrected chi connectivity index (χ4v) is 2.27. The number of benzene rings is 1. The fourth-order valence-electron chi connectivity index (χ4n) is 1.22. The molecule has 1 heterocycles. The Morgan fingerprint density at radius 3 is 2.81 bits per heavy atom. The first-order valence-corrected chi connectivity index (χ1v) is 5.75. The molecule has 1 aromatic carbocycles. The molecule has 0 N–H and O–H groups in total. The second-order valence-electron chi connectivity index (χ2n) is 3.22. The maximum Gasteiger partial charge on any atom is 0.178 e. The van der Waals surface area contributed by atoms with Gasteiger partial charge >= 0.3 is 0 Å². The Balaban J connectivity index is 2.46. The van der Waals surface area contributed by atoms with E-state index in [4.69, 9.17) is 11.6 Å². The zero-order valence-corrected chi connectivity index (χ0v) is 9.90. The topological polar surface area (TPSA) is 30.0 Å². The van der Waals surface area contributed by atoms with Crippen LogP contribution >= 0.6 is 22.9 Å². The Bertz CT molecular complexity index is 553. The Hall–Kier alpha value is -1.26. The van der Waals surface area contributed by atoms with Crippen molar-refractivity contribution in [2.45, 2.75) is 6.92 Å². The van der Waals surface area contributed by atoms with Crippen molar-refractivity contribution in [3.63, 3.8) is 0 Å². The van der Waals surface area contributed by atoms with Crippen molar-refractivity contribution in [3.8, 4) is 10.6 Å². The van der Waals surface area contributed by atoms with Crippen molar-refractivity contribution in [1.29, 1.82) is 0 Å². The molecule has 0 bridgehead atoms. The predicted octanol–water partition coefficient (Wildman–Crippen LogP) is 3.81. The third kappa shape index (κ3) is 2.13. The molecule has 0 radical (unpaired) electrons. The Kier molecular flexibility index (Phi) is 3.03. The van der Waals surface area contributed by atoms with Crippen molar-refractivity contribution >= 4 is 28.7 Å². The summed E-state index contributed by atoms with van der Waals surface area (Å²) in [5, 5.41) is 2.44. The molecule has 0 atom stereocenters. The molecule has 16 heavy (non-hydrogen) atoms. The van der Waals surface area contributed by atoms with Gasteiger partial charge < -0.3 is 0 Å². The average molecular weight is 256 g/mol. The summed E-state index contributed by atoms with van der Waals surface area (Å²) in [6.07, 6.45) is 0. The highest BCUT2D eigenvalue weighted by Crippen LogP contribution is 2.28. The standard InChI is InChI=1S/C11H7ClFNOS/c1-6(15)10-5-16-11(14-10)8-3-2-7(12)4-9(8)13/h2-5H,1H3. The summed E-state index contributed by atoms with van der Waals surface area (Å²) in [6.45, 7) is 1.43. The highest BCUT2D eigenvalue weighted by molar-refractivity contribution is 7.13. The van der Waals surface area contributed by atoms with Gasteiger partial charge in [0, 0.05) is 22.9 Å². The number of carbonyl (C=O) groups excluding carboxylic acids is 1. The molecule has 0 saturated heterocycles. The van der Waals surface area contributed by atoms with E-state index in [1.807, 2.05) is 0 Å². The Morgan fingerprint density at radius 2 is 2.25 bits per heavy atom. The third-order valence-electron chi connectivity index (χ3n) is 2.03. The van der Waals surface area contributed by atoms with Gasteiger partial charge in [0.05, 0.1) is 0 Å². The van der Waals surface area contributed by atoms with E-state index in [0.29, 0.717) is 21.3 Å². The van der Waals surface area contributed by atoms with E-state index in [2.05, 4.69) is 4.98 Å². The number of hydrogen-bond donors (Lipinski definition) is 0. The smallest absolute Gasteiger partial charge is 0.178 e. The largest absolute Gasteiger partial charge is 0.293 e. The number of ketones is 1. The van der Waals surface area contributed by atoms with Crippen LogP contribution in [0.2, 0.25) is 5.02 Å². The molecule has 0 saturated carbocycles. The lowest BCUT2D eigenvalue weighted by molar-refractivity contribution is 0.101. The summed E-state index contributed by atoms with van der Waals surface area (Å²) in [5.41, 5.74) is 0.719. The van der Waals surface area contributed by atoms with Crippen LogP contribution in [0.4, 0.5) is 4.39 Å². The van der Waals surface area contributed by atoms with Gasteiger partial charge in [-0.1, -0.05) is 11.6 Å². The van der Waals surface area contributed by atoms with E-state index in [-0.39, 0.29) is 5.78 Å². The van der Waals surface area contributed by atoms with Gasteiger partial charge in [0.15, 0.2) is 5.78 Å². The first kappa shape index (κ1) is 11.2. The molecule has 2 rings (SSSR count). The number of halogens is 2. The average Bonchev–Trinajstić information content (AvgIpc) is 2.66. The molecule has 0 amide bonds. The van der Waals surface area contributed by atoms with Gasteiger partial charge in [-0.2, -0.15) is 0 Å². The highest BCUT2D eigenvalue weighted by Gasteiger charge is 2.11. The summed E-state index contributed by atoms with van der Waals surface area (Å²) in [5.74, 6) is -0.561. The minimum absolute atomic E-state index is 0.128. The molecule has 82 valence electrons. The first-order chi connectivity index (χ1) is 7.58. The molecule has 0 aliphatic heterocycles. The third-order valence-corrected chi connectivity index (χ3v) is 3.14. The van der Waals surface area contributed by atoms with E-state index in [1.165, 1.54) is 24.3 Å². The second kappa shape index (κ2) is 4.31. The van der Waals surface area contributed by atoms with Crippen molar-refractivity contribution in [2.24, 2.45) is 0 Å². The van der Waals surface area contributed by atoms with Gasteiger partial charge in [-0.25, -0.2) is 9.37 Å². The molecule has 0 aliphatic carbocycles. The van der Waals surface area contributed by atoms with Crippen molar-refractivity contribution in [1.82, 2.24) is 4.98 Å². The predicted molar refractivity (Wildman–Crippen MR) is 62.5 cm³/mol. The zero-order valence-electron chi connectivity index (χ0n) is 8.33. The molecule has 2 aromatic rings. The van der Waals surface area contributed by atoms with Crippen LogP contribution < -0.4 is 0 Å². The number of Topliss-reactive ketones (excluding diaryl/α,β-unsaturated/α-hetero) is 1. The number of rotatable bonds is 2. The van der Waals surface area contributed by atoms with Gasteiger partial charge in [-0.05, 0) is 18.2 Å². The zero-order chi connectivity index (χ0) is 11.7. The van der Waals surface area contributed by atoms with Crippen molar-refractivity contribution in [3.05, 3.63) is 40.1 Å². The number of carbonyl (C=O) groups is 1. The molecular weight excluding hydrogens is 249 g/mol. The van der Waals surface area contributed by atoms with Crippen LogP contribution in [0, 0.1) is 5.82 Å². The molecular formula is C11H7ClFNOS. The van der Waals surface area contributed by atoms with Crippen LogP contribution in [0.1, 0.15) is 17.4 Å². The van der Waals surface area contributed by atoms with Gasteiger partial charge in [0.1, 0.15) is 16.5 Å². The maximum atomic E-state index is 13.5. The van der Waals surface area contributed by atoms with Crippen LogP contribution in [-0.2, 0) is 0 Å². The van der Waals surface area contributed by atoms with Gasteiger partial charge in [0.2, 0.25) is 0 Å². The van der Waals surface area contributed by atoms with Crippen LogP contribution in [0.15, 0.2) is 23.6 Å². The van der Waals surface area contributed by atoms with Gasteiger partial charge in [0.25, 0.3) is 0 Å². The summed E-state index contributed by atoms with van der Waals surface area (Å²) >= 11 is 6.88. The summed E-state index contributed by atoms with van der Waals surface area (Å²) in [6, 6.07) is 4.38. The monoisotopic (exact) mass is 255 g/mol. The van der Waals surface area contributed by atoms with E-state index in [0.717, 1.165) is 0 Å². The maximum absolute atomic E-state index is 13.5. The van der Waals surface area contributed by atoms with Crippen LogP contribution in [0.25, 0.3) is 10.6 Å². The minimum Gasteiger partial charge on any atom is -0.293 e. The van der Waals surface area contributed by atoms with Crippen LogP contribution in [0.3, 0.4) is 0 Å². The lowest BCUT2D eigenvalue weighted by Gasteiger charge is -1.98. The van der Waals surface area contributed by atoms with Crippen molar-refractivity contribution in [2.75, 3.05) is 0 Å². The van der Waals surface area contributed by atoms with E-state index >= 15 is 0 Å². The molecule has 5 heteroatoms. The molecule has 1 aromatic heterocycles. The lowest BCUT2D eigenvalue weighted by Crippen LogP contribution is -1.92. The van der Waals surface area contributed by atoms with E-state index in [9.17, 15) is 9.18 Å². The summed E-state index contributed by atoms with van der Waals surface area (Å²) in [7, 11) is 0. The number of aromatic nitrogens is 1. The summed E-state index contributed by atoms with van der Waals surface area (Å²) < 4.78 is 13.5. The number of thiazole rings is 1. The fraction of sp³-hybridized carbons (Fsp3) is 0.0909. The lowest BCUT2D eigenvalue weighted by atomic mass is 10.2. The van der Waals surface area contributed by atoms with E-state index < -0.39 is 5.82 Å². The quantitative estimate of drug-likeness (QED) is 0.764. The van der Waals surface area contributed by atoms with Crippen molar-refractivity contribution < 1.29 is 9.18 Å². The molecule has 0 spiro atoms. The highest BCUT2D eigenvalue weighted by atomic mass is 35.5. The molecule has 2 nitrogen and oxygen atoms in total. The number of nitrogens with zero attached hydrogens (tertiary/aromatic N) is 1. The SMILES string of the molecule is CC(=O)c1csc(-c2ccc(Cl)cc2F)n1. The Labute approximate surface area is 101 Å². The molecule has 0 aliphatic rings. The van der Waals surface area contributed by atoms with Gasteiger partial charge in [-0.3, -0.25) is 4.79 Å². The Morgan fingerprint density at radius 1 is 1.50 bits per heavy atom. The van der Waals surface area contributed by atoms with Crippen LogP contribution in [0.5, 0.6) is 0 Å². The minimum atomic E-state index is -0.433. The normalized spacial score (nSPS) is 10.4. The second-order valence-corrected chi connectivity index (χ2v) is 4.51.